The van der Waals surface area contributed by atoms with E-state index in [1.165, 1.54) is 11.1 Å². The fraction of sp³-hybridized carbons (Fsp3) is 0.500. The summed E-state index contributed by atoms with van der Waals surface area (Å²) in [5.41, 5.74) is 2.46. The van der Waals surface area contributed by atoms with Gasteiger partial charge in [-0.25, -0.2) is 0 Å². The first-order chi connectivity index (χ1) is 11.8. The number of furan rings is 1. The van der Waals surface area contributed by atoms with Gasteiger partial charge in [-0.1, -0.05) is 24.3 Å². The topological polar surface area (TPSA) is 45.8 Å². The Hall–Kier alpha value is -1.62. The van der Waals surface area contributed by atoms with E-state index in [0.717, 1.165) is 38.2 Å². The minimum Gasteiger partial charge on any atom is -0.464 e. The Bertz CT molecular complexity index is 728. The molecular formula is C20H23NO3. The van der Waals surface area contributed by atoms with E-state index in [-0.39, 0.29) is 18.3 Å². The molecular weight excluding hydrogens is 302 g/mol. The van der Waals surface area contributed by atoms with Crippen LogP contribution in [0.1, 0.15) is 18.4 Å². The van der Waals surface area contributed by atoms with E-state index in [1.54, 1.807) is 6.26 Å². The highest BCUT2D eigenvalue weighted by Gasteiger charge is 2.62. The van der Waals surface area contributed by atoms with Crippen molar-refractivity contribution >= 4 is 0 Å². The highest BCUT2D eigenvalue weighted by Crippen LogP contribution is 2.54. The summed E-state index contributed by atoms with van der Waals surface area (Å²) in [5.74, 6) is 1.73. The summed E-state index contributed by atoms with van der Waals surface area (Å²) in [6, 6.07) is 12.4. The van der Waals surface area contributed by atoms with E-state index in [4.69, 9.17) is 9.15 Å². The zero-order chi connectivity index (χ0) is 16.1. The van der Waals surface area contributed by atoms with Crippen molar-refractivity contribution in [3.05, 3.63) is 48.2 Å². The molecule has 24 heavy (non-hydrogen) atoms. The maximum Gasteiger partial charge on any atom is 0.134 e. The van der Waals surface area contributed by atoms with E-state index in [1.807, 2.05) is 12.1 Å². The predicted molar refractivity (Wildman–Crippen MR) is 90.3 cm³/mol. The van der Waals surface area contributed by atoms with Crippen molar-refractivity contribution in [3.8, 4) is 11.3 Å². The molecule has 4 heteroatoms. The molecule has 4 atom stereocenters. The van der Waals surface area contributed by atoms with E-state index < -0.39 is 0 Å². The number of nitrogens with zero attached hydrogens (tertiary/aromatic N) is 1. The highest BCUT2D eigenvalue weighted by atomic mass is 16.5. The molecule has 3 aliphatic heterocycles. The highest BCUT2D eigenvalue weighted by molar-refractivity contribution is 5.61. The van der Waals surface area contributed by atoms with Gasteiger partial charge in [0.15, 0.2) is 0 Å². The van der Waals surface area contributed by atoms with Crippen molar-refractivity contribution in [2.75, 3.05) is 19.7 Å². The van der Waals surface area contributed by atoms with Crippen molar-refractivity contribution in [1.82, 2.24) is 4.90 Å². The minimum absolute atomic E-state index is 0.00229. The van der Waals surface area contributed by atoms with Crippen molar-refractivity contribution in [1.29, 1.82) is 0 Å². The number of likely N-dealkylation sites (tertiary alicyclic amines) is 1. The van der Waals surface area contributed by atoms with Crippen LogP contribution in [0.25, 0.3) is 11.3 Å². The summed E-state index contributed by atoms with van der Waals surface area (Å²) in [4.78, 5) is 2.50. The number of benzene rings is 1. The van der Waals surface area contributed by atoms with Crippen LogP contribution >= 0.6 is 0 Å². The third-order valence-electron chi connectivity index (χ3n) is 6.26. The van der Waals surface area contributed by atoms with Crippen LogP contribution in [0.5, 0.6) is 0 Å². The smallest absolute Gasteiger partial charge is 0.134 e. The zero-order valence-corrected chi connectivity index (χ0v) is 13.7. The fourth-order valence-corrected chi connectivity index (χ4v) is 5.22. The van der Waals surface area contributed by atoms with Crippen LogP contribution in [0.4, 0.5) is 0 Å². The molecule has 3 saturated heterocycles. The summed E-state index contributed by atoms with van der Waals surface area (Å²) in [6.45, 7) is 3.17. The molecule has 3 fully saturated rings. The van der Waals surface area contributed by atoms with Crippen LogP contribution in [0.2, 0.25) is 0 Å². The van der Waals surface area contributed by atoms with Crippen molar-refractivity contribution in [2.45, 2.75) is 31.1 Å². The van der Waals surface area contributed by atoms with Crippen LogP contribution in [0.3, 0.4) is 0 Å². The molecule has 5 rings (SSSR count). The number of aliphatic hydroxyl groups is 1. The molecule has 4 heterocycles. The first kappa shape index (κ1) is 14.7. The fourth-order valence-electron chi connectivity index (χ4n) is 5.22. The van der Waals surface area contributed by atoms with Gasteiger partial charge < -0.3 is 14.3 Å². The quantitative estimate of drug-likeness (QED) is 0.939. The summed E-state index contributed by atoms with van der Waals surface area (Å²) >= 11 is 0. The SMILES string of the molecule is OC[C@H]1[C@H]2CN(Cc3ccccc3-c3ccco3)C[C@]23CC[C@H]1O3. The average Bonchev–Trinajstić information content (AvgIpc) is 3.35. The number of fused-ring (bicyclic) bond motifs is 1. The van der Waals surface area contributed by atoms with E-state index >= 15 is 0 Å². The maximum atomic E-state index is 9.77. The van der Waals surface area contributed by atoms with Crippen molar-refractivity contribution < 1.29 is 14.3 Å². The third-order valence-corrected chi connectivity index (χ3v) is 6.26. The van der Waals surface area contributed by atoms with Gasteiger partial charge in [-0.3, -0.25) is 4.90 Å². The van der Waals surface area contributed by atoms with Crippen LogP contribution < -0.4 is 0 Å². The van der Waals surface area contributed by atoms with Gasteiger partial charge in [-0.15, -0.1) is 0 Å². The molecule has 1 aromatic heterocycles. The van der Waals surface area contributed by atoms with Gasteiger partial charge in [0.25, 0.3) is 0 Å². The summed E-state index contributed by atoms with van der Waals surface area (Å²) in [6.07, 6.45) is 4.27. The molecule has 0 unspecified atom stereocenters. The monoisotopic (exact) mass is 325 g/mol. The Morgan fingerprint density at radius 2 is 2.12 bits per heavy atom. The van der Waals surface area contributed by atoms with Gasteiger partial charge in [0.1, 0.15) is 5.76 Å². The molecule has 1 aromatic carbocycles. The number of ether oxygens (including phenoxy) is 1. The molecule has 126 valence electrons. The molecule has 0 amide bonds. The molecule has 1 N–H and O–H groups in total. The van der Waals surface area contributed by atoms with Gasteiger partial charge in [0.2, 0.25) is 0 Å². The van der Waals surface area contributed by atoms with Gasteiger partial charge in [-0.05, 0) is 30.5 Å². The predicted octanol–water partition coefficient (Wildman–Crippen LogP) is 2.92. The van der Waals surface area contributed by atoms with Crippen molar-refractivity contribution in [2.24, 2.45) is 11.8 Å². The Balaban J connectivity index is 1.39. The second-order valence-corrected chi connectivity index (χ2v) is 7.52. The molecule has 2 bridgehead atoms. The first-order valence-corrected chi connectivity index (χ1v) is 8.92. The molecule has 0 saturated carbocycles. The zero-order valence-electron chi connectivity index (χ0n) is 13.7. The molecule has 0 aliphatic carbocycles. The lowest BCUT2D eigenvalue weighted by Crippen LogP contribution is -2.37. The van der Waals surface area contributed by atoms with Crippen LogP contribution in [0.15, 0.2) is 47.1 Å². The largest absolute Gasteiger partial charge is 0.464 e. The lowest BCUT2D eigenvalue weighted by atomic mass is 9.74. The number of rotatable bonds is 4. The summed E-state index contributed by atoms with van der Waals surface area (Å²) < 4.78 is 11.9. The van der Waals surface area contributed by atoms with Crippen LogP contribution in [0, 0.1) is 11.8 Å². The second kappa shape index (κ2) is 5.45. The second-order valence-electron chi connectivity index (χ2n) is 7.52. The van der Waals surface area contributed by atoms with Gasteiger partial charge in [0, 0.05) is 43.6 Å². The summed E-state index contributed by atoms with van der Waals surface area (Å²) in [7, 11) is 0. The maximum absolute atomic E-state index is 9.77. The number of hydrogen-bond donors (Lipinski definition) is 1. The molecule has 1 spiro atoms. The lowest BCUT2D eigenvalue weighted by Gasteiger charge is -2.28. The number of aliphatic hydroxyl groups excluding tert-OH is 1. The summed E-state index contributed by atoms with van der Waals surface area (Å²) in [5, 5.41) is 9.77. The normalized spacial score (nSPS) is 34.8. The van der Waals surface area contributed by atoms with E-state index in [2.05, 4.69) is 29.2 Å². The Labute approximate surface area is 142 Å². The molecule has 4 nitrogen and oxygen atoms in total. The Morgan fingerprint density at radius 1 is 1.21 bits per heavy atom. The third kappa shape index (κ3) is 2.10. The minimum atomic E-state index is -0.00229. The lowest BCUT2D eigenvalue weighted by molar-refractivity contribution is 0.000390. The first-order valence-electron chi connectivity index (χ1n) is 8.92. The number of hydrogen-bond acceptors (Lipinski definition) is 4. The average molecular weight is 325 g/mol. The standard InChI is InChI=1S/C20H23NO3/c22-12-16-17-11-21(13-20(17)8-7-19(16)24-20)10-14-4-1-2-5-15(14)18-6-3-9-23-18/h1-6,9,16-17,19,22H,7-8,10-13H2/t16-,17+,19+,20+/m0/s1. The van der Waals surface area contributed by atoms with Gasteiger partial charge in [0.05, 0.1) is 18.0 Å². The van der Waals surface area contributed by atoms with Crippen LogP contribution in [-0.4, -0.2) is 41.4 Å². The van der Waals surface area contributed by atoms with Gasteiger partial charge in [-0.2, -0.15) is 0 Å². The van der Waals surface area contributed by atoms with E-state index in [9.17, 15) is 5.11 Å². The molecule has 0 radical (unpaired) electrons. The molecule has 3 aliphatic rings. The van der Waals surface area contributed by atoms with Crippen molar-refractivity contribution in [3.63, 3.8) is 0 Å². The Kier molecular flexibility index (Phi) is 3.34. The van der Waals surface area contributed by atoms with E-state index in [0.29, 0.717) is 11.8 Å². The molecule has 2 aromatic rings. The van der Waals surface area contributed by atoms with Gasteiger partial charge >= 0.3 is 0 Å². The van der Waals surface area contributed by atoms with Crippen LogP contribution in [-0.2, 0) is 11.3 Å². The Morgan fingerprint density at radius 3 is 2.96 bits per heavy atom.